The number of hydrogen-bond acceptors (Lipinski definition) is 3. The summed E-state index contributed by atoms with van der Waals surface area (Å²) in [4.78, 5) is 2.21. The third-order valence-electron chi connectivity index (χ3n) is 3.98. The molecule has 0 fully saturated rings. The Labute approximate surface area is 122 Å². The minimum absolute atomic E-state index is 0.170. The van der Waals surface area contributed by atoms with Crippen molar-refractivity contribution in [3.63, 3.8) is 0 Å². The van der Waals surface area contributed by atoms with Crippen molar-refractivity contribution < 1.29 is 8.42 Å². The zero-order chi connectivity index (χ0) is 14.8. The van der Waals surface area contributed by atoms with E-state index in [9.17, 15) is 8.42 Å². The number of rotatable bonds is 5. The van der Waals surface area contributed by atoms with Gasteiger partial charge in [-0.25, -0.2) is 13.1 Å². The normalized spacial score (nSPS) is 16.4. The Balaban J connectivity index is 2.01. The summed E-state index contributed by atoms with van der Waals surface area (Å²) in [6.45, 7) is 6.80. The number of benzene rings is 1. The van der Waals surface area contributed by atoms with Crippen molar-refractivity contribution in [3.05, 3.63) is 34.9 Å². The second-order valence-corrected chi connectivity index (χ2v) is 7.78. The van der Waals surface area contributed by atoms with Crippen LogP contribution in [0.25, 0.3) is 0 Å². The molecule has 0 spiro atoms. The Morgan fingerprint density at radius 1 is 1.30 bits per heavy atom. The summed E-state index contributed by atoms with van der Waals surface area (Å²) >= 11 is 0. The average Bonchev–Trinajstić information content (AvgIpc) is 2.44. The fraction of sp³-hybridized carbons (Fsp3) is 0.600. The zero-order valence-corrected chi connectivity index (χ0v) is 13.3. The molecule has 0 bridgehead atoms. The molecule has 1 aliphatic heterocycles. The molecule has 0 atom stereocenters. The first-order chi connectivity index (χ1) is 9.41. The average molecular weight is 296 g/mol. The molecule has 0 unspecified atom stereocenters. The highest BCUT2D eigenvalue weighted by atomic mass is 32.2. The van der Waals surface area contributed by atoms with Crippen LogP contribution in [0.1, 0.15) is 36.5 Å². The first kappa shape index (κ1) is 15.5. The van der Waals surface area contributed by atoms with E-state index < -0.39 is 10.0 Å². The molecule has 1 N–H and O–H groups in total. The molecule has 0 aromatic heterocycles. The Hall–Kier alpha value is -0.910. The molecule has 1 aliphatic rings. The third kappa shape index (κ3) is 3.81. The Bertz CT molecular complexity index is 567. The van der Waals surface area contributed by atoms with Gasteiger partial charge in [0.1, 0.15) is 0 Å². The molecule has 20 heavy (non-hydrogen) atoms. The van der Waals surface area contributed by atoms with Gasteiger partial charge in [0, 0.05) is 19.6 Å². The van der Waals surface area contributed by atoms with Gasteiger partial charge in [0.2, 0.25) is 10.0 Å². The van der Waals surface area contributed by atoms with Gasteiger partial charge in [-0.2, -0.15) is 0 Å². The topological polar surface area (TPSA) is 49.4 Å². The Kier molecular flexibility index (Phi) is 4.83. The molecular formula is C15H24N2O2S. The van der Waals surface area contributed by atoms with E-state index >= 15 is 0 Å². The Morgan fingerprint density at radius 3 is 2.70 bits per heavy atom. The van der Waals surface area contributed by atoms with E-state index in [1.165, 1.54) is 23.7 Å². The largest absolute Gasteiger partial charge is 0.298 e. The van der Waals surface area contributed by atoms with Crippen LogP contribution in [0.2, 0.25) is 0 Å². The summed E-state index contributed by atoms with van der Waals surface area (Å²) in [6, 6.07) is 6.70. The summed E-state index contributed by atoms with van der Waals surface area (Å²) in [7, 11) is -1.64. The van der Waals surface area contributed by atoms with E-state index in [1.807, 2.05) is 0 Å². The van der Waals surface area contributed by atoms with Gasteiger partial charge >= 0.3 is 0 Å². The third-order valence-corrected chi connectivity index (χ3v) is 5.32. The van der Waals surface area contributed by atoms with Crippen LogP contribution >= 0.6 is 0 Å². The maximum atomic E-state index is 11.5. The van der Waals surface area contributed by atoms with Gasteiger partial charge < -0.3 is 0 Å². The highest BCUT2D eigenvalue weighted by Gasteiger charge is 2.18. The minimum Gasteiger partial charge on any atom is -0.298 e. The first-order valence-corrected chi connectivity index (χ1v) is 8.82. The predicted octanol–water partition coefficient (Wildman–Crippen LogP) is 1.72. The van der Waals surface area contributed by atoms with Crippen LogP contribution < -0.4 is 4.72 Å². The lowest BCUT2D eigenvalue weighted by atomic mass is 9.93. The molecular weight excluding hydrogens is 272 g/mol. The molecule has 2 rings (SSSR count). The van der Waals surface area contributed by atoms with E-state index in [-0.39, 0.29) is 5.75 Å². The second-order valence-electron chi connectivity index (χ2n) is 5.73. The maximum absolute atomic E-state index is 11.5. The van der Waals surface area contributed by atoms with Gasteiger partial charge in [-0.15, -0.1) is 0 Å². The van der Waals surface area contributed by atoms with E-state index in [1.54, 1.807) is 0 Å². The van der Waals surface area contributed by atoms with Crippen LogP contribution in [0.4, 0.5) is 0 Å². The van der Waals surface area contributed by atoms with Crippen molar-refractivity contribution in [2.75, 3.05) is 25.9 Å². The standard InChI is InChI=1S/C15H24N2O2S/c1-12(2)13-4-5-15-11-17(7-6-14(15)10-13)8-9-20(18,19)16-3/h4-5,10,12,16H,6-9,11H2,1-3H3. The van der Waals surface area contributed by atoms with Crippen molar-refractivity contribution in [1.29, 1.82) is 0 Å². The second kappa shape index (κ2) is 6.24. The van der Waals surface area contributed by atoms with Gasteiger partial charge in [0.25, 0.3) is 0 Å². The smallest absolute Gasteiger partial charge is 0.212 e. The number of hydrogen-bond donors (Lipinski definition) is 1. The molecule has 4 nitrogen and oxygen atoms in total. The highest BCUT2D eigenvalue weighted by molar-refractivity contribution is 7.89. The molecule has 0 saturated carbocycles. The molecule has 0 radical (unpaired) electrons. The fourth-order valence-corrected chi connectivity index (χ4v) is 3.24. The molecule has 1 aromatic rings. The quantitative estimate of drug-likeness (QED) is 0.900. The van der Waals surface area contributed by atoms with Gasteiger partial charge in [-0.05, 0) is 36.1 Å². The molecule has 112 valence electrons. The maximum Gasteiger partial charge on any atom is 0.212 e. The van der Waals surface area contributed by atoms with E-state index in [2.05, 4.69) is 41.7 Å². The van der Waals surface area contributed by atoms with Crippen LogP contribution in [-0.2, 0) is 23.0 Å². The summed E-state index contributed by atoms with van der Waals surface area (Å²) in [6.07, 6.45) is 1.01. The SMILES string of the molecule is CNS(=O)(=O)CCN1CCc2cc(C(C)C)ccc2C1. The summed E-state index contributed by atoms with van der Waals surface area (Å²) < 4.78 is 25.3. The van der Waals surface area contributed by atoms with Crippen molar-refractivity contribution in [2.45, 2.75) is 32.7 Å². The van der Waals surface area contributed by atoms with Crippen molar-refractivity contribution in [1.82, 2.24) is 9.62 Å². The molecule has 1 aromatic carbocycles. The van der Waals surface area contributed by atoms with Crippen LogP contribution in [0.5, 0.6) is 0 Å². The summed E-state index contributed by atoms with van der Waals surface area (Å²) in [5.74, 6) is 0.724. The minimum atomic E-state index is -3.11. The summed E-state index contributed by atoms with van der Waals surface area (Å²) in [5.41, 5.74) is 4.14. The van der Waals surface area contributed by atoms with Crippen LogP contribution in [-0.4, -0.2) is 39.2 Å². The van der Waals surface area contributed by atoms with Crippen LogP contribution in [0.3, 0.4) is 0 Å². The van der Waals surface area contributed by atoms with Gasteiger partial charge in [-0.1, -0.05) is 32.0 Å². The van der Waals surface area contributed by atoms with Gasteiger partial charge in [0.15, 0.2) is 0 Å². The Morgan fingerprint density at radius 2 is 2.05 bits per heavy atom. The molecule has 1 heterocycles. The van der Waals surface area contributed by atoms with E-state index in [4.69, 9.17) is 0 Å². The first-order valence-electron chi connectivity index (χ1n) is 7.16. The number of sulfonamides is 1. The fourth-order valence-electron chi connectivity index (χ4n) is 2.53. The number of nitrogens with one attached hydrogen (secondary N) is 1. The molecule has 0 aliphatic carbocycles. The van der Waals surface area contributed by atoms with Crippen molar-refractivity contribution in [3.8, 4) is 0 Å². The molecule has 0 saturated heterocycles. The monoisotopic (exact) mass is 296 g/mol. The number of nitrogens with zero attached hydrogens (tertiary/aromatic N) is 1. The van der Waals surface area contributed by atoms with Crippen molar-refractivity contribution in [2.24, 2.45) is 0 Å². The van der Waals surface area contributed by atoms with Crippen LogP contribution in [0.15, 0.2) is 18.2 Å². The van der Waals surface area contributed by atoms with Gasteiger partial charge in [-0.3, -0.25) is 4.90 Å². The zero-order valence-electron chi connectivity index (χ0n) is 12.5. The molecule has 0 amide bonds. The van der Waals surface area contributed by atoms with Crippen LogP contribution in [0, 0.1) is 0 Å². The van der Waals surface area contributed by atoms with E-state index in [0.29, 0.717) is 12.5 Å². The molecule has 5 heteroatoms. The lowest BCUT2D eigenvalue weighted by Crippen LogP contribution is -2.36. The lowest BCUT2D eigenvalue weighted by molar-refractivity contribution is 0.268. The van der Waals surface area contributed by atoms with Crippen molar-refractivity contribution >= 4 is 10.0 Å². The van der Waals surface area contributed by atoms with Gasteiger partial charge in [0.05, 0.1) is 5.75 Å². The predicted molar refractivity (Wildman–Crippen MR) is 82.4 cm³/mol. The highest BCUT2D eigenvalue weighted by Crippen LogP contribution is 2.23. The summed E-state index contributed by atoms with van der Waals surface area (Å²) in [5, 5.41) is 0. The number of fused-ring (bicyclic) bond motifs is 1. The van der Waals surface area contributed by atoms with E-state index in [0.717, 1.165) is 19.5 Å². The lowest BCUT2D eigenvalue weighted by Gasteiger charge is -2.29.